The molecule has 0 aliphatic carbocycles. The molecule has 0 aliphatic heterocycles. The number of benzene rings is 2. The van der Waals surface area contributed by atoms with Gasteiger partial charge in [-0.2, -0.15) is 0 Å². The first-order valence-electron chi connectivity index (χ1n) is 7.07. The molecule has 0 bridgehead atoms. The Morgan fingerprint density at radius 3 is 2.76 bits per heavy atom. The molecular formula is C18H18ClNS. The minimum atomic E-state index is 0.279. The highest BCUT2D eigenvalue weighted by Crippen LogP contribution is 2.32. The minimum absolute atomic E-state index is 0.279. The van der Waals surface area contributed by atoms with Crippen LogP contribution in [0.2, 0.25) is 5.02 Å². The third kappa shape index (κ3) is 2.98. The molecule has 1 N–H and O–H groups in total. The van der Waals surface area contributed by atoms with Crippen LogP contribution in [0.1, 0.15) is 22.7 Å². The molecule has 0 aliphatic rings. The van der Waals surface area contributed by atoms with E-state index in [2.05, 4.69) is 54.0 Å². The van der Waals surface area contributed by atoms with Crippen molar-refractivity contribution in [3.05, 3.63) is 69.6 Å². The molecule has 108 valence electrons. The molecule has 1 nitrogen and oxygen atoms in total. The van der Waals surface area contributed by atoms with Crippen LogP contribution in [0.25, 0.3) is 10.1 Å². The lowest BCUT2D eigenvalue weighted by Gasteiger charge is -2.17. The van der Waals surface area contributed by atoms with E-state index in [9.17, 15) is 0 Å². The van der Waals surface area contributed by atoms with Crippen LogP contribution >= 0.6 is 22.9 Å². The predicted molar refractivity (Wildman–Crippen MR) is 93.5 cm³/mol. The van der Waals surface area contributed by atoms with Gasteiger partial charge in [-0.25, -0.2) is 0 Å². The van der Waals surface area contributed by atoms with Crippen LogP contribution in [-0.4, -0.2) is 7.05 Å². The van der Waals surface area contributed by atoms with Gasteiger partial charge in [-0.15, -0.1) is 11.3 Å². The van der Waals surface area contributed by atoms with Crippen molar-refractivity contribution < 1.29 is 0 Å². The van der Waals surface area contributed by atoms with Crippen LogP contribution in [0.15, 0.2) is 47.8 Å². The lowest BCUT2D eigenvalue weighted by molar-refractivity contribution is 0.598. The fourth-order valence-electron chi connectivity index (χ4n) is 2.67. The van der Waals surface area contributed by atoms with Crippen molar-refractivity contribution in [2.75, 3.05) is 7.05 Å². The second kappa shape index (κ2) is 6.18. The van der Waals surface area contributed by atoms with Crippen molar-refractivity contribution in [3.63, 3.8) is 0 Å². The summed E-state index contributed by atoms with van der Waals surface area (Å²) in [6.45, 7) is 2.07. The molecule has 0 saturated carbocycles. The highest BCUT2D eigenvalue weighted by molar-refractivity contribution is 7.17. The Morgan fingerprint density at radius 1 is 1.19 bits per heavy atom. The first kappa shape index (κ1) is 14.6. The van der Waals surface area contributed by atoms with Gasteiger partial charge >= 0.3 is 0 Å². The Morgan fingerprint density at radius 2 is 2.00 bits per heavy atom. The van der Waals surface area contributed by atoms with Gasteiger partial charge in [-0.1, -0.05) is 41.9 Å². The number of rotatable bonds is 4. The molecule has 0 amide bonds. The molecule has 1 aromatic heterocycles. The number of thiophene rings is 1. The van der Waals surface area contributed by atoms with Crippen LogP contribution in [0, 0.1) is 6.92 Å². The summed E-state index contributed by atoms with van der Waals surface area (Å²) < 4.78 is 1.34. The molecule has 0 fully saturated rings. The van der Waals surface area contributed by atoms with Crippen LogP contribution in [0.3, 0.4) is 0 Å². The summed E-state index contributed by atoms with van der Waals surface area (Å²) in [5.41, 5.74) is 3.75. The summed E-state index contributed by atoms with van der Waals surface area (Å²) in [6.07, 6.45) is 0.899. The van der Waals surface area contributed by atoms with E-state index < -0.39 is 0 Å². The molecule has 0 radical (unpaired) electrons. The number of nitrogens with one attached hydrogen (secondary N) is 1. The number of aryl methyl sites for hydroxylation is 1. The molecule has 21 heavy (non-hydrogen) atoms. The molecule has 3 heteroatoms. The van der Waals surface area contributed by atoms with Crippen LogP contribution in [0.5, 0.6) is 0 Å². The van der Waals surface area contributed by atoms with Crippen molar-refractivity contribution >= 4 is 33.0 Å². The van der Waals surface area contributed by atoms with Crippen molar-refractivity contribution in [2.24, 2.45) is 0 Å². The van der Waals surface area contributed by atoms with Crippen molar-refractivity contribution in [1.29, 1.82) is 0 Å². The van der Waals surface area contributed by atoms with Crippen molar-refractivity contribution in [3.8, 4) is 0 Å². The summed E-state index contributed by atoms with van der Waals surface area (Å²) in [5.74, 6) is 0. The maximum Gasteiger partial charge on any atom is 0.0441 e. The Balaban J connectivity index is 1.95. The van der Waals surface area contributed by atoms with E-state index >= 15 is 0 Å². The fourth-order valence-corrected chi connectivity index (χ4v) is 4.00. The number of fused-ring (bicyclic) bond motifs is 1. The molecule has 3 rings (SSSR count). The lowest BCUT2D eigenvalue weighted by atomic mass is 9.98. The van der Waals surface area contributed by atoms with Gasteiger partial charge in [0.2, 0.25) is 0 Å². The van der Waals surface area contributed by atoms with Crippen molar-refractivity contribution in [2.45, 2.75) is 19.4 Å². The standard InChI is InChI=1S/C18H18ClNS/c1-12-7-8-13(16(19)9-12)10-17(20-2)15-11-21-18-6-4-3-5-14(15)18/h3-9,11,17,20H,10H2,1-2H3. The summed E-state index contributed by atoms with van der Waals surface area (Å²) in [4.78, 5) is 0. The summed E-state index contributed by atoms with van der Waals surface area (Å²) in [5, 5.41) is 7.89. The zero-order valence-corrected chi connectivity index (χ0v) is 13.8. The quantitative estimate of drug-likeness (QED) is 0.683. The Kier molecular flexibility index (Phi) is 4.29. The molecule has 0 spiro atoms. The highest BCUT2D eigenvalue weighted by Gasteiger charge is 2.16. The van der Waals surface area contributed by atoms with E-state index in [4.69, 9.17) is 11.6 Å². The first-order valence-corrected chi connectivity index (χ1v) is 8.33. The van der Waals surface area contributed by atoms with E-state index in [1.807, 2.05) is 13.1 Å². The smallest absolute Gasteiger partial charge is 0.0441 e. The topological polar surface area (TPSA) is 12.0 Å². The zero-order chi connectivity index (χ0) is 14.8. The van der Waals surface area contributed by atoms with Gasteiger partial charge in [0, 0.05) is 15.8 Å². The van der Waals surface area contributed by atoms with Crippen LogP contribution in [-0.2, 0) is 6.42 Å². The van der Waals surface area contributed by atoms with E-state index in [-0.39, 0.29) is 6.04 Å². The normalized spacial score (nSPS) is 12.7. The van der Waals surface area contributed by atoms with E-state index in [0.29, 0.717) is 0 Å². The maximum absolute atomic E-state index is 6.39. The zero-order valence-electron chi connectivity index (χ0n) is 12.2. The van der Waals surface area contributed by atoms with E-state index in [1.165, 1.54) is 26.8 Å². The Labute approximate surface area is 134 Å². The average molecular weight is 316 g/mol. The molecular weight excluding hydrogens is 298 g/mol. The van der Waals surface area contributed by atoms with Gasteiger partial charge in [0.25, 0.3) is 0 Å². The predicted octanol–water partition coefficient (Wildman–Crippen LogP) is 5.37. The van der Waals surface area contributed by atoms with Gasteiger partial charge in [0.15, 0.2) is 0 Å². The largest absolute Gasteiger partial charge is 0.313 e. The summed E-state index contributed by atoms with van der Waals surface area (Å²) in [6, 6.07) is 15.1. The molecule has 1 atom stereocenters. The molecule has 1 heterocycles. The van der Waals surface area contributed by atoms with Gasteiger partial charge < -0.3 is 5.32 Å². The SMILES string of the molecule is CNC(Cc1ccc(C)cc1Cl)c1csc2ccccc12. The van der Waals surface area contributed by atoms with Gasteiger partial charge in [0.1, 0.15) is 0 Å². The number of hydrogen-bond acceptors (Lipinski definition) is 2. The Hall–Kier alpha value is -1.35. The van der Waals surface area contributed by atoms with Crippen LogP contribution < -0.4 is 5.32 Å². The third-order valence-corrected chi connectivity index (χ3v) is 5.20. The van der Waals surface area contributed by atoms with Gasteiger partial charge in [0.05, 0.1) is 0 Å². The fraction of sp³-hybridized carbons (Fsp3) is 0.222. The highest BCUT2D eigenvalue weighted by atomic mass is 35.5. The molecule has 1 unspecified atom stereocenters. The van der Waals surface area contributed by atoms with Crippen molar-refractivity contribution in [1.82, 2.24) is 5.32 Å². The Bertz CT molecular complexity index is 763. The molecule has 2 aromatic carbocycles. The number of hydrogen-bond donors (Lipinski definition) is 1. The molecule has 3 aromatic rings. The first-order chi connectivity index (χ1) is 10.2. The lowest BCUT2D eigenvalue weighted by Crippen LogP contribution is -2.18. The van der Waals surface area contributed by atoms with E-state index in [1.54, 1.807) is 11.3 Å². The second-order valence-corrected chi connectivity index (χ2v) is 6.65. The molecule has 0 saturated heterocycles. The number of halogens is 1. The van der Waals surface area contributed by atoms with Crippen LogP contribution in [0.4, 0.5) is 0 Å². The summed E-state index contributed by atoms with van der Waals surface area (Å²) in [7, 11) is 2.01. The van der Waals surface area contributed by atoms with E-state index in [0.717, 1.165) is 11.4 Å². The maximum atomic E-state index is 6.39. The van der Waals surface area contributed by atoms with Gasteiger partial charge in [-0.3, -0.25) is 0 Å². The third-order valence-electron chi connectivity index (χ3n) is 3.87. The number of likely N-dealkylation sites (N-methyl/N-ethyl adjacent to an activating group) is 1. The summed E-state index contributed by atoms with van der Waals surface area (Å²) >= 11 is 8.19. The average Bonchev–Trinajstić information content (AvgIpc) is 2.91. The minimum Gasteiger partial charge on any atom is -0.313 e. The van der Waals surface area contributed by atoms with Gasteiger partial charge in [-0.05, 0) is 60.0 Å². The second-order valence-electron chi connectivity index (χ2n) is 5.33. The monoisotopic (exact) mass is 315 g/mol.